The van der Waals surface area contributed by atoms with Crippen LogP contribution >= 0.6 is 0 Å². The van der Waals surface area contributed by atoms with Crippen LogP contribution in [-0.2, 0) is 0 Å². The molecular formula is C28H32N2O4. The number of fused-ring (bicyclic) bond motifs is 1. The average molecular weight is 461 g/mol. The number of benzene rings is 3. The van der Waals surface area contributed by atoms with Gasteiger partial charge in [-0.25, -0.2) is 0 Å². The van der Waals surface area contributed by atoms with Gasteiger partial charge in [-0.2, -0.15) is 0 Å². The van der Waals surface area contributed by atoms with Gasteiger partial charge in [0.05, 0.1) is 14.2 Å². The van der Waals surface area contributed by atoms with Gasteiger partial charge in [-0.05, 0) is 66.6 Å². The molecule has 6 nitrogen and oxygen atoms in total. The Morgan fingerprint density at radius 1 is 0.853 bits per heavy atom. The van der Waals surface area contributed by atoms with Gasteiger partial charge < -0.3 is 29.6 Å². The predicted octanol–water partition coefficient (Wildman–Crippen LogP) is 4.74. The number of rotatable bonds is 12. The van der Waals surface area contributed by atoms with Crippen LogP contribution < -0.4 is 19.5 Å². The minimum absolute atomic E-state index is 0.212. The summed E-state index contributed by atoms with van der Waals surface area (Å²) in [7, 11) is 3.35. The molecule has 1 heterocycles. The fourth-order valence-electron chi connectivity index (χ4n) is 4.14. The standard InChI is InChI=1S/C28H32N2O4/c1-32-23-10-6-20(7-11-23)25(21-8-12-24(33-2)13-9-21)14-16-29-18-22(31)19-34-28-5-3-4-27-26(28)15-17-30-27/h3-13,15,17,22,25,29-31H,14,16,18-19H2,1-2H3/t22-/m0/s1. The lowest BCUT2D eigenvalue weighted by Gasteiger charge is -2.20. The first kappa shape index (κ1) is 23.7. The maximum atomic E-state index is 10.4. The molecule has 178 valence electrons. The van der Waals surface area contributed by atoms with Crippen molar-refractivity contribution in [2.45, 2.75) is 18.4 Å². The molecule has 0 radical (unpaired) electrons. The lowest BCUT2D eigenvalue weighted by atomic mass is 9.88. The van der Waals surface area contributed by atoms with Crippen molar-refractivity contribution in [3.63, 3.8) is 0 Å². The van der Waals surface area contributed by atoms with Crippen LogP contribution in [0.5, 0.6) is 17.2 Å². The number of aromatic nitrogens is 1. The highest BCUT2D eigenvalue weighted by atomic mass is 16.5. The summed E-state index contributed by atoms with van der Waals surface area (Å²) in [6.07, 6.45) is 2.17. The van der Waals surface area contributed by atoms with Crippen molar-refractivity contribution < 1.29 is 19.3 Å². The molecule has 0 aliphatic rings. The van der Waals surface area contributed by atoms with E-state index in [0.717, 1.165) is 41.1 Å². The first-order valence-corrected chi connectivity index (χ1v) is 11.5. The van der Waals surface area contributed by atoms with Crippen LogP contribution in [0, 0.1) is 0 Å². The third-order valence-corrected chi connectivity index (χ3v) is 6.01. The van der Waals surface area contributed by atoms with E-state index in [1.807, 2.05) is 54.7 Å². The van der Waals surface area contributed by atoms with E-state index in [0.29, 0.717) is 6.54 Å². The second-order valence-corrected chi connectivity index (χ2v) is 8.25. The van der Waals surface area contributed by atoms with Gasteiger partial charge in [0.1, 0.15) is 30.0 Å². The molecule has 0 fully saturated rings. The monoisotopic (exact) mass is 460 g/mol. The van der Waals surface area contributed by atoms with Crippen molar-refractivity contribution >= 4 is 10.9 Å². The Kier molecular flexibility index (Phi) is 8.07. The van der Waals surface area contributed by atoms with E-state index in [4.69, 9.17) is 14.2 Å². The Bertz CT molecular complexity index is 1110. The van der Waals surface area contributed by atoms with Crippen molar-refractivity contribution in [3.8, 4) is 17.2 Å². The molecule has 0 spiro atoms. The Hall–Kier alpha value is -3.48. The zero-order valence-corrected chi connectivity index (χ0v) is 19.7. The number of hydrogen-bond donors (Lipinski definition) is 3. The Labute approximate surface area is 200 Å². The summed E-state index contributed by atoms with van der Waals surface area (Å²) < 4.78 is 16.5. The maximum absolute atomic E-state index is 10.4. The lowest BCUT2D eigenvalue weighted by molar-refractivity contribution is 0.107. The molecule has 4 aromatic rings. The first-order valence-electron chi connectivity index (χ1n) is 11.5. The zero-order chi connectivity index (χ0) is 23.8. The molecule has 0 bridgehead atoms. The van der Waals surface area contributed by atoms with Crippen LogP contribution in [0.2, 0.25) is 0 Å². The van der Waals surface area contributed by atoms with E-state index in [9.17, 15) is 5.11 Å². The van der Waals surface area contributed by atoms with Gasteiger partial charge in [0, 0.05) is 29.6 Å². The largest absolute Gasteiger partial charge is 0.497 e. The number of aliphatic hydroxyl groups is 1. The third kappa shape index (κ3) is 5.90. The van der Waals surface area contributed by atoms with Crippen LogP contribution in [0.1, 0.15) is 23.5 Å². The fourth-order valence-corrected chi connectivity index (χ4v) is 4.14. The normalized spacial score (nSPS) is 12.1. The van der Waals surface area contributed by atoms with Crippen LogP contribution in [-0.4, -0.2) is 50.1 Å². The Morgan fingerprint density at radius 3 is 2.12 bits per heavy atom. The van der Waals surface area contributed by atoms with E-state index in [-0.39, 0.29) is 12.5 Å². The van der Waals surface area contributed by atoms with E-state index < -0.39 is 6.10 Å². The molecule has 0 amide bonds. The van der Waals surface area contributed by atoms with Gasteiger partial charge in [-0.1, -0.05) is 30.3 Å². The summed E-state index contributed by atoms with van der Waals surface area (Å²) in [5.41, 5.74) is 3.46. The van der Waals surface area contributed by atoms with Crippen LogP contribution in [0.25, 0.3) is 10.9 Å². The molecular weight excluding hydrogens is 428 g/mol. The number of aromatic amines is 1. The van der Waals surface area contributed by atoms with Crippen LogP contribution in [0.3, 0.4) is 0 Å². The highest BCUT2D eigenvalue weighted by Crippen LogP contribution is 2.30. The number of nitrogens with one attached hydrogen (secondary N) is 2. The molecule has 3 aromatic carbocycles. The highest BCUT2D eigenvalue weighted by Gasteiger charge is 2.15. The lowest BCUT2D eigenvalue weighted by Crippen LogP contribution is -2.32. The fraction of sp³-hybridized carbons (Fsp3) is 0.286. The molecule has 34 heavy (non-hydrogen) atoms. The molecule has 6 heteroatoms. The molecule has 1 atom stereocenters. The molecule has 0 saturated heterocycles. The van der Waals surface area contributed by atoms with E-state index in [1.165, 1.54) is 11.1 Å². The third-order valence-electron chi connectivity index (χ3n) is 6.01. The quantitative estimate of drug-likeness (QED) is 0.266. The molecule has 0 saturated carbocycles. The molecule has 0 aliphatic carbocycles. The molecule has 4 rings (SSSR count). The second-order valence-electron chi connectivity index (χ2n) is 8.25. The smallest absolute Gasteiger partial charge is 0.128 e. The van der Waals surface area contributed by atoms with Gasteiger partial charge in [0.2, 0.25) is 0 Å². The van der Waals surface area contributed by atoms with Gasteiger partial charge in [-0.3, -0.25) is 0 Å². The summed E-state index contributed by atoms with van der Waals surface area (Å²) in [4.78, 5) is 3.17. The topological polar surface area (TPSA) is 75.7 Å². The van der Waals surface area contributed by atoms with E-state index in [1.54, 1.807) is 14.2 Å². The van der Waals surface area contributed by atoms with Gasteiger partial charge in [0.15, 0.2) is 0 Å². The van der Waals surface area contributed by atoms with Crippen LogP contribution in [0.15, 0.2) is 79.0 Å². The zero-order valence-electron chi connectivity index (χ0n) is 19.7. The highest BCUT2D eigenvalue weighted by molar-refractivity contribution is 5.85. The van der Waals surface area contributed by atoms with Crippen molar-refractivity contribution in [2.75, 3.05) is 33.9 Å². The number of H-pyrrole nitrogens is 1. The van der Waals surface area contributed by atoms with Crippen molar-refractivity contribution in [2.24, 2.45) is 0 Å². The minimum Gasteiger partial charge on any atom is -0.497 e. The van der Waals surface area contributed by atoms with Crippen molar-refractivity contribution in [1.29, 1.82) is 0 Å². The van der Waals surface area contributed by atoms with Crippen molar-refractivity contribution in [3.05, 3.63) is 90.1 Å². The summed E-state index contributed by atoms with van der Waals surface area (Å²) in [6.45, 7) is 1.45. The van der Waals surface area contributed by atoms with Crippen LogP contribution in [0.4, 0.5) is 0 Å². The second kappa shape index (κ2) is 11.6. The van der Waals surface area contributed by atoms with Gasteiger partial charge >= 0.3 is 0 Å². The number of methoxy groups -OCH3 is 2. The summed E-state index contributed by atoms with van der Waals surface area (Å²) in [5.74, 6) is 2.67. The summed E-state index contributed by atoms with van der Waals surface area (Å²) in [5, 5.41) is 14.8. The number of hydrogen-bond acceptors (Lipinski definition) is 5. The summed E-state index contributed by atoms with van der Waals surface area (Å²) >= 11 is 0. The first-order chi connectivity index (χ1) is 16.7. The van der Waals surface area contributed by atoms with Gasteiger partial charge in [-0.15, -0.1) is 0 Å². The predicted molar refractivity (Wildman–Crippen MR) is 135 cm³/mol. The summed E-state index contributed by atoms with van der Waals surface area (Å²) in [6, 6.07) is 24.2. The maximum Gasteiger partial charge on any atom is 0.128 e. The molecule has 3 N–H and O–H groups in total. The van der Waals surface area contributed by atoms with E-state index >= 15 is 0 Å². The molecule has 1 aromatic heterocycles. The van der Waals surface area contributed by atoms with Gasteiger partial charge in [0.25, 0.3) is 0 Å². The molecule has 0 unspecified atom stereocenters. The molecule has 0 aliphatic heterocycles. The number of aliphatic hydroxyl groups excluding tert-OH is 1. The SMILES string of the molecule is COc1ccc(C(CCNC[C@H](O)COc2cccc3[nH]ccc23)c2ccc(OC)cc2)cc1. The Balaban J connectivity index is 1.32. The Morgan fingerprint density at radius 2 is 1.50 bits per heavy atom. The minimum atomic E-state index is -0.602. The number of ether oxygens (including phenoxy) is 3. The average Bonchev–Trinajstić information content (AvgIpc) is 3.37. The van der Waals surface area contributed by atoms with Crippen molar-refractivity contribution in [1.82, 2.24) is 10.3 Å². The van der Waals surface area contributed by atoms with E-state index in [2.05, 4.69) is 34.6 Å².